The van der Waals surface area contributed by atoms with Crippen molar-refractivity contribution in [1.29, 1.82) is 0 Å². The summed E-state index contributed by atoms with van der Waals surface area (Å²) in [5.74, 6) is 0.0297. The highest BCUT2D eigenvalue weighted by molar-refractivity contribution is 5.91. The maximum Gasteiger partial charge on any atom is 0.183 e. The molecule has 2 atom stereocenters. The van der Waals surface area contributed by atoms with Gasteiger partial charge in [-0.15, -0.1) is 0 Å². The minimum atomic E-state index is -0.519. The summed E-state index contributed by atoms with van der Waals surface area (Å²) >= 11 is 0. The van der Waals surface area contributed by atoms with Gasteiger partial charge in [-0.3, -0.25) is 0 Å². The first-order valence-corrected chi connectivity index (χ1v) is 8.12. The van der Waals surface area contributed by atoms with E-state index < -0.39 is 11.9 Å². The number of nitrogens with zero attached hydrogens (tertiary/aromatic N) is 3. The number of hydrogen-bond donors (Lipinski definition) is 3. The van der Waals surface area contributed by atoms with Crippen LogP contribution in [0.2, 0.25) is 0 Å². The number of aliphatic hydroxyl groups excluding tert-OH is 1. The Morgan fingerprint density at radius 1 is 1.25 bits per heavy atom. The van der Waals surface area contributed by atoms with Gasteiger partial charge < -0.3 is 15.4 Å². The molecule has 3 aromatic heterocycles. The zero-order valence-electron chi connectivity index (χ0n) is 13.0. The van der Waals surface area contributed by atoms with Crippen molar-refractivity contribution in [3.8, 4) is 11.4 Å². The Kier molecular flexibility index (Phi) is 3.86. The van der Waals surface area contributed by atoms with E-state index in [0.29, 0.717) is 5.82 Å². The largest absolute Gasteiger partial charge is 0.391 e. The number of aromatic amines is 1. The fraction of sp³-hybridized carbons (Fsp3) is 0.353. The lowest BCUT2D eigenvalue weighted by Gasteiger charge is -2.28. The van der Waals surface area contributed by atoms with Gasteiger partial charge in [0.2, 0.25) is 0 Å². The number of rotatable bonds is 3. The van der Waals surface area contributed by atoms with Crippen LogP contribution in [0.4, 0.5) is 10.2 Å². The number of aromatic nitrogens is 4. The monoisotopic (exact) mass is 327 g/mol. The molecule has 0 unspecified atom stereocenters. The number of hydrogen-bond acceptors (Lipinski definition) is 5. The van der Waals surface area contributed by atoms with Crippen LogP contribution in [0.15, 0.2) is 30.7 Å². The number of H-pyrrole nitrogens is 1. The Bertz CT molecular complexity index is 865. The average Bonchev–Trinajstić information content (AvgIpc) is 3.03. The second kappa shape index (κ2) is 6.16. The van der Waals surface area contributed by atoms with Gasteiger partial charge in [-0.25, -0.2) is 19.3 Å². The van der Waals surface area contributed by atoms with Gasteiger partial charge in [-0.1, -0.05) is 12.8 Å². The third-order valence-electron chi connectivity index (χ3n) is 4.49. The summed E-state index contributed by atoms with van der Waals surface area (Å²) in [6.45, 7) is 0. The van der Waals surface area contributed by atoms with Gasteiger partial charge in [0.15, 0.2) is 17.5 Å². The molecule has 0 saturated heterocycles. The van der Waals surface area contributed by atoms with Crippen LogP contribution in [0.5, 0.6) is 0 Å². The Labute approximate surface area is 138 Å². The fourth-order valence-corrected chi connectivity index (χ4v) is 3.19. The van der Waals surface area contributed by atoms with Gasteiger partial charge in [0.1, 0.15) is 5.65 Å². The lowest BCUT2D eigenvalue weighted by Crippen LogP contribution is -2.36. The molecule has 0 aromatic carbocycles. The van der Waals surface area contributed by atoms with Gasteiger partial charge in [0.05, 0.1) is 18.3 Å². The number of nitrogens with one attached hydrogen (secondary N) is 2. The molecule has 6 nitrogen and oxygen atoms in total. The van der Waals surface area contributed by atoms with Crippen molar-refractivity contribution in [2.45, 2.75) is 37.8 Å². The molecule has 1 aliphatic carbocycles. The van der Waals surface area contributed by atoms with Gasteiger partial charge in [-0.2, -0.15) is 0 Å². The Hall–Kier alpha value is -2.54. The molecule has 7 heteroatoms. The van der Waals surface area contributed by atoms with Gasteiger partial charge in [0.25, 0.3) is 0 Å². The van der Waals surface area contributed by atoms with Crippen molar-refractivity contribution in [1.82, 2.24) is 19.9 Å². The van der Waals surface area contributed by atoms with Crippen molar-refractivity contribution in [3.05, 3.63) is 36.5 Å². The molecule has 24 heavy (non-hydrogen) atoms. The highest BCUT2D eigenvalue weighted by atomic mass is 19.1. The van der Waals surface area contributed by atoms with Crippen LogP contribution in [0, 0.1) is 5.82 Å². The second-order valence-corrected chi connectivity index (χ2v) is 6.09. The Morgan fingerprint density at radius 3 is 3.00 bits per heavy atom. The molecule has 4 rings (SSSR count). The molecule has 3 aromatic rings. The van der Waals surface area contributed by atoms with E-state index in [2.05, 4.69) is 25.3 Å². The van der Waals surface area contributed by atoms with Crippen LogP contribution in [0.3, 0.4) is 0 Å². The fourth-order valence-electron chi connectivity index (χ4n) is 3.19. The summed E-state index contributed by atoms with van der Waals surface area (Å²) in [6, 6.07) is 3.57. The maximum atomic E-state index is 14.1. The van der Waals surface area contributed by atoms with Crippen LogP contribution >= 0.6 is 0 Å². The van der Waals surface area contributed by atoms with E-state index in [1.807, 2.05) is 12.1 Å². The predicted molar refractivity (Wildman–Crippen MR) is 89.0 cm³/mol. The molecule has 0 spiro atoms. The molecule has 3 N–H and O–H groups in total. The van der Waals surface area contributed by atoms with E-state index in [-0.39, 0.29) is 11.9 Å². The third kappa shape index (κ3) is 2.71. The van der Waals surface area contributed by atoms with Crippen molar-refractivity contribution in [2.75, 3.05) is 5.32 Å². The summed E-state index contributed by atoms with van der Waals surface area (Å²) in [5.41, 5.74) is 1.50. The number of anilines is 1. The summed E-state index contributed by atoms with van der Waals surface area (Å²) in [6.07, 6.45) is 7.70. The lowest BCUT2D eigenvalue weighted by atomic mass is 9.92. The van der Waals surface area contributed by atoms with Gasteiger partial charge >= 0.3 is 0 Å². The zero-order valence-corrected chi connectivity index (χ0v) is 13.0. The first-order valence-electron chi connectivity index (χ1n) is 8.12. The normalized spacial score (nSPS) is 21.1. The summed E-state index contributed by atoms with van der Waals surface area (Å²) in [7, 11) is 0. The highest BCUT2D eigenvalue weighted by Gasteiger charge is 2.24. The van der Waals surface area contributed by atoms with Gasteiger partial charge in [-0.05, 0) is 25.0 Å². The molecule has 0 amide bonds. The van der Waals surface area contributed by atoms with Crippen LogP contribution in [-0.2, 0) is 0 Å². The van der Waals surface area contributed by atoms with Crippen molar-refractivity contribution < 1.29 is 9.50 Å². The minimum Gasteiger partial charge on any atom is -0.391 e. The highest BCUT2D eigenvalue weighted by Crippen LogP contribution is 2.27. The summed E-state index contributed by atoms with van der Waals surface area (Å²) in [4.78, 5) is 15.7. The van der Waals surface area contributed by atoms with E-state index in [9.17, 15) is 9.50 Å². The molecule has 124 valence electrons. The molecule has 1 aliphatic rings. The van der Waals surface area contributed by atoms with Crippen LogP contribution in [-0.4, -0.2) is 37.2 Å². The third-order valence-corrected chi connectivity index (χ3v) is 4.49. The van der Waals surface area contributed by atoms with Gasteiger partial charge in [0, 0.05) is 23.3 Å². The molecule has 0 radical (unpaired) electrons. The molecule has 3 heterocycles. The second-order valence-electron chi connectivity index (χ2n) is 6.09. The van der Waals surface area contributed by atoms with Crippen LogP contribution in [0.25, 0.3) is 22.4 Å². The molecular formula is C17H18FN5O. The first-order chi connectivity index (χ1) is 11.7. The lowest BCUT2D eigenvalue weighted by molar-refractivity contribution is 0.116. The molecule has 1 saturated carbocycles. The van der Waals surface area contributed by atoms with Crippen LogP contribution < -0.4 is 5.32 Å². The molecule has 0 bridgehead atoms. The van der Waals surface area contributed by atoms with E-state index in [1.165, 1.54) is 0 Å². The minimum absolute atomic E-state index is 0.129. The SMILES string of the molecule is O[C@@H]1CCCC[C@H]1Nc1nc(-c2c[nH]c3ncccc23)ncc1F. The van der Waals surface area contributed by atoms with Crippen molar-refractivity contribution >= 4 is 16.9 Å². The molecule has 0 aliphatic heterocycles. The number of pyridine rings is 1. The standard InChI is InChI=1S/C17H18FN5O/c18-12-9-21-16(11-8-20-15-10(11)4-3-7-19-15)23-17(12)22-13-5-1-2-6-14(13)24/h3-4,7-9,13-14,24H,1-2,5-6H2,(H,19,20)(H,21,22,23)/t13-,14-/m1/s1. The summed E-state index contributed by atoms with van der Waals surface area (Å²) < 4.78 is 14.1. The smallest absolute Gasteiger partial charge is 0.183 e. The maximum absolute atomic E-state index is 14.1. The topological polar surface area (TPSA) is 86.7 Å². The Morgan fingerprint density at radius 2 is 2.12 bits per heavy atom. The van der Waals surface area contributed by atoms with Crippen LogP contribution in [0.1, 0.15) is 25.7 Å². The number of halogens is 1. The first kappa shape index (κ1) is 15.0. The van der Waals surface area contributed by atoms with E-state index >= 15 is 0 Å². The van der Waals surface area contributed by atoms with E-state index in [4.69, 9.17) is 0 Å². The van der Waals surface area contributed by atoms with E-state index in [1.54, 1.807) is 12.4 Å². The average molecular weight is 327 g/mol. The number of fused-ring (bicyclic) bond motifs is 1. The molecule has 1 fully saturated rings. The number of aliphatic hydroxyl groups is 1. The van der Waals surface area contributed by atoms with Crippen molar-refractivity contribution in [2.24, 2.45) is 0 Å². The zero-order chi connectivity index (χ0) is 16.5. The van der Waals surface area contributed by atoms with E-state index in [0.717, 1.165) is 48.5 Å². The quantitative estimate of drug-likeness (QED) is 0.688. The van der Waals surface area contributed by atoms with Crippen molar-refractivity contribution in [3.63, 3.8) is 0 Å². The Balaban J connectivity index is 1.68. The summed E-state index contributed by atoms with van der Waals surface area (Å²) in [5, 5.41) is 14.0. The molecular weight excluding hydrogens is 309 g/mol. The predicted octanol–water partition coefficient (Wildman–Crippen LogP) is 2.87.